The van der Waals surface area contributed by atoms with Crippen LogP contribution in [0.15, 0.2) is 30.3 Å². The van der Waals surface area contributed by atoms with Crippen molar-refractivity contribution in [3.63, 3.8) is 0 Å². The Hall–Kier alpha value is -1.94. The molecule has 0 saturated carbocycles. The van der Waals surface area contributed by atoms with Crippen LogP contribution in [0.25, 0.3) is 0 Å². The third kappa shape index (κ3) is 6.80. The molecule has 0 aliphatic rings. The van der Waals surface area contributed by atoms with E-state index < -0.39 is 6.29 Å². The first-order valence-corrected chi connectivity index (χ1v) is 11.3. The average molecular weight is 432 g/mol. The number of hydrogen-bond acceptors (Lipinski definition) is 5. The van der Waals surface area contributed by atoms with E-state index in [4.69, 9.17) is 18.9 Å². The number of rotatable bonds is 11. The van der Waals surface area contributed by atoms with Gasteiger partial charge in [-0.05, 0) is 80.3 Å². The fourth-order valence-electron chi connectivity index (χ4n) is 3.41. The lowest BCUT2D eigenvalue weighted by Crippen LogP contribution is -2.20. The highest BCUT2D eigenvalue weighted by molar-refractivity contribution is 7.66. The first-order chi connectivity index (χ1) is 14.2. The van der Waals surface area contributed by atoms with Crippen molar-refractivity contribution in [2.24, 2.45) is 0 Å². The predicted molar refractivity (Wildman–Crippen MR) is 123 cm³/mol. The van der Waals surface area contributed by atoms with E-state index in [0.717, 1.165) is 27.6 Å². The van der Waals surface area contributed by atoms with Crippen LogP contribution in [0.5, 0.6) is 11.5 Å². The highest BCUT2D eigenvalue weighted by atomic mass is 31.1. The molecule has 164 valence electrons. The third-order valence-electron chi connectivity index (χ3n) is 4.50. The van der Waals surface area contributed by atoms with Crippen LogP contribution in [0.4, 0.5) is 0 Å². The Morgan fingerprint density at radius 1 is 0.900 bits per heavy atom. The van der Waals surface area contributed by atoms with Gasteiger partial charge in [0.2, 0.25) is 0 Å². The summed E-state index contributed by atoms with van der Waals surface area (Å²) in [4.78, 5) is 13.2. The maximum absolute atomic E-state index is 13.2. The van der Waals surface area contributed by atoms with Gasteiger partial charge in [-0.25, -0.2) is 0 Å². The molecule has 0 aliphatic heterocycles. The average Bonchev–Trinajstić information content (AvgIpc) is 2.63. The minimum Gasteiger partial charge on any atom is -0.465 e. The van der Waals surface area contributed by atoms with E-state index in [1.54, 1.807) is 6.07 Å². The Morgan fingerprint density at radius 3 is 2.03 bits per heavy atom. The topological polar surface area (TPSA) is 54.0 Å². The summed E-state index contributed by atoms with van der Waals surface area (Å²) in [5.41, 5.74) is 4.04. The summed E-state index contributed by atoms with van der Waals surface area (Å²) in [5, 5.41) is 0.822. The quantitative estimate of drug-likeness (QED) is 0.357. The highest BCUT2D eigenvalue weighted by Gasteiger charge is 2.18. The molecule has 2 aromatic rings. The largest absolute Gasteiger partial charge is 0.465 e. The van der Waals surface area contributed by atoms with Crippen molar-refractivity contribution in [1.82, 2.24) is 0 Å². The van der Waals surface area contributed by atoms with Gasteiger partial charge in [0.15, 0.2) is 18.1 Å². The normalized spacial score (nSPS) is 13.4. The molecule has 3 atom stereocenters. The first kappa shape index (κ1) is 24.3. The number of aryl methyl sites for hydroxylation is 3. The van der Waals surface area contributed by atoms with Gasteiger partial charge >= 0.3 is 0 Å². The predicted octanol–water partition coefficient (Wildman–Crippen LogP) is 5.28. The number of hydrogen-bond donors (Lipinski definition) is 0. The second-order valence-electron chi connectivity index (χ2n) is 7.17. The van der Waals surface area contributed by atoms with Gasteiger partial charge in [-0.15, -0.1) is 0 Å². The van der Waals surface area contributed by atoms with Crippen molar-refractivity contribution in [3.05, 3.63) is 52.6 Å². The summed E-state index contributed by atoms with van der Waals surface area (Å²) >= 11 is 0. The molecule has 2 rings (SSSR count). The molecule has 0 spiro atoms. The maximum Gasteiger partial charge on any atom is 0.196 e. The number of carbonyl (C=O) groups excluding carboxylic acids is 1. The molecule has 0 aromatic heterocycles. The molecule has 0 heterocycles. The zero-order valence-corrected chi connectivity index (χ0v) is 20.0. The third-order valence-corrected chi connectivity index (χ3v) is 5.66. The fraction of sp³-hybridized carbons (Fsp3) is 0.458. The summed E-state index contributed by atoms with van der Waals surface area (Å²) < 4.78 is 22.8. The van der Waals surface area contributed by atoms with Gasteiger partial charge in [-0.2, -0.15) is 0 Å². The molecule has 6 heteroatoms. The Kier molecular flexibility index (Phi) is 9.29. The lowest BCUT2D eigenvalue weighted by atomic mass is 10.0. The molecule has 30 heavy (non-hydrogen) atoms. The van der Waals surface area contributed by atoms with Crippen LogP contribution < -0.4 is 14.8 Å². The Balaban J connectivity index is 2.31. The lowest BCUT2D eigenvalue weighted by Gasteiger charge is -2.20. The monoisotopic (exact) mass is 432 g/mol. The summed E-state index contributed by atoms with van der Waals surface area (Å²) in [6.07, 6.45) is -0.809. The van der Waals surface area contributed by atoms with Crippen LogP contribution >= 0.6 is 8.58 Å². The van der Waals surface area contributed by atoms with E-state index in [-0.39, 0.29) is 20.4 Å². The number of ether oxygens (including phenoxy) is 4. The Morgan fingerprint density at radius 2 is 1.47 bits per heavy atom. The van der Waals surface area contributed by atoms with Gasteiger partial charge in [-0.1, -0.05) is 17.7 Å². The molecule has 3 unspecified atom stereocenters. The standard InChI is InChI=1S/C24H33O5P/c1-8-26-18(6)28-20-10-11-22(21(14-20)29-19(7)27-9-2)30-24(25)23-16(4)12-15(3)13-17(23)5/h10-14,18-19,30H,8-9H2,1-7H3. The second kappa shape index (κ2) is 11.5. The van der Waals surface area contributed by atoms with Crippen molar-refractivity contribution in [2.45, 2.75) is 61.0 Å². The molecular weight excluding hydrogens is 399 g/mol. The van der Waals surface area contributed by atoms with Gasteiger partial charge in [0.1, 0.15) is 11.5 Å². The smallest absolute Gasteiger partial charge is 0.196 e. The first-order valence-electron chi connectivity index (χ1n) is 10.3. The second-order valence-corrected chi connectivity index (χ2v) is 8.41. The summed E-state index contributed by atoms with van der Waals surface area (Å²) in [6, 6.07) is 9.63. The molecular formula is C24H33O5P. The van der Waals surface area contributed by atoms with Crippen LogP contribution in [0.2, 0.25) is 0 Å². The molecule has 0 radical (unpaired) electrons. The van der Waals surface area contributed by atoms with Gasteiger partial charge in [0.25, 0.3) is 0 Å². The molecule has 0 N–H and O–H groups in total. The van der Waals surface area contributed by atoms with Crippen LogP contribution in [0.1, 0.15) is 54.7 Å². The molecule has 0 aliphatic carbocycles. The van der Waals surface area contributed by atoms with E-state index in [1.807, 2.05) is 72.7 Å². The molecule has 0 saturated heterocycles. The van der Waals surface area contributed by atoms with Crippen LogP contribution in [0, 0.1) is 20.8 Å². The van der Waals surface area contributed by atoms with Gasteiger partial charge < -0.3 is 18.9 Å². The van der Waals surface area contributed by atoms with Crippen molar-refractivity contribution in [3.8, 4) is 11.5 Å². The minimum atomic E-state index is -0.434. The van der Waals surface area contributed by atoms with Crippen molar-refractivity contribution in [1.29, 1.82) is 0 Å². The molecule has 2 aromatic carbocycles. The van der Waals surface area contributed by atoms with Crippen LogP contribution in [-0.2, 0) is 9.47 Å². The van der Waals surface area contributed by atoms with E-state index >= 15 is 0 Å². The van der Waals surface area contributed by atoms with Crippen LogP contribution in [0.3, 0.4) is 0 Å². The van der Waals surface area contributed by atoms with E-state index in [2.05, 4.69) is 0 Å². The summed E-state index contributed by atoms with van der Waals surface area (Å²) in [6.45, 7) is 14.6. The molecule has 5 nitrogen and oxygen atoms in total. The Labute approximate surface area is 181 Å². The van der Waals surface area contributed by atoms with Crippen molar-refractivity contribution in [2.75, 3.05) is 13.2 Å². The zero-order chi connectivity index (χ0) is 22.3. The number of benzene rings is 2. The zero-order valence-electron chi connectivity index (χ0n) is 19.0. The number of carbonyl (C=O) groups is 1. The molecule has 0 amide bonds. The molecule has 0 bridgehead atoms. The van der Waals surface area contributed by atoms with Crippen LogP contribution in [-0.4, -0.2) is 31.3 Å². The van der Waals surface area contributed by atoms with Gasteiger partial charge in [0, 0.05) is 30.1 Å². The van der Waals surface area contributed by atoms with E-state index in [0.29, 0.717) is 24.7 Å². The SMILES string of the molecule is CCOC(C)Oc1ccc(PC(=O)c2c(C)cc(C)cc2C)c(OC(C)OCC)c1. The fourth-order valence-corrected chi connectivity index (χ4v) is 4.59. The van der Waals surface area contributed by atoms with Gasteiger partial charge in [-0.3, -0.25) is 4.79 Å². The van der Waals surface area contributed by atoms with Gasteiger partial charge in [0.05, 0.1) is 0 Å². The summed E-state index contributed by atoms with van der Waals surface area (Å²) in [5.74, 6) is 1.21. The minimum absolute atomic E-state index is 0.0680. The van der Waals surface area contributed by atoms with E-state index in [9.17, 15) is 4.79 Å². The van der Waals surface area contributed by atoms with Crippen molar-refractivity contribution < 1.29 is 23.7 Å². The summed E-state index contributed by atoms with van der Waals surface area (Å²) in [7, 11) is -0.0680. The molecule has 0 fully saturated rings. The van der Waals surface area contributed by atoms with E-state index in [1.165, 1.54) is 0 Å². The maximum atomic E-state index is 13.2. The highest BCUT2D eigenvalue weighted by Crippen LogP contribution is 2.31. The Bertz CT molecular complexity index is 842. The van der Waals surface area contributed by atoms with Crippen molar-refractivity contribution >= 4 is 19.4 Å². The lowest BCUT2D eigenvalue weighted by molar-refractivity contribution is -0.0646.